The Morgan fingerprint density at radius 1 is 0.190 bits per heavy atom. The van der Waals surface area contributed by atoms with E-state index in [0.717, 1.165) is 89.4 Å². The number of para-hydroxylation sites is 2. The van der Waals surface area contributed by atoms with E-state index >= 15 is 0 Å². The van der Waals surface area contributed by atoms with Gasteiger partial charge in [-0.2, -0.15) is 0 Å². The average molecular weight is 1480 g/mol. The Kier molecular flexibility index (Phi) is 15.2. The van der Waals surface area contributed by atoms with Crippen molar-refractivity contribution in [2.75, 3.05) is 9.80 Å². The molecule has 1 aromatic heterocycles. The quantitative estimate of drug-likeness (QED) is 0.115. The normalized spacial score (nSPS) is 13.6. The Labute approximate surface area is 676 Å². The van der Waals surface area contributed by atoms with Gasteiger partial charge in [0.2, 0.25) is 0 Å². The van der Waals surface area contributed by atoms with Gasteiger partial charge in [0.05, 0.1) is 16.2 Å². The molecule has 0 N–H and O–H groups in total. The number of benzene rings is 18. The van der Waals surface area contributed by atoms with Crippen molar-refractivity contribution < 1.29 is 4.42 Å². The Bertz CT molecular complexity index is 6830. The second kappa shape index (κ2) is 26.2. The lowest BCUT2D eigenvalue weighted by Gasteiger charge is -2.36. The molecule has 1 spiro atoms. The first-order valence-electron chi connectivity index (χ1n) is 40.4. The highest BCUT2D eigenvalue weighted by atomic mass is 16.3. The molecule has 3 nitrogen and oxygen atoms in total. The average Bonchev–Trinajstić information content (AvgIpc) is 1.51. The lowest BCUT2D eigenvalue weighted by atomic mass is 9.67. The van der Waals surface area contributed by atoms with Gasteiger partial charge >= 0.3 is 0 Å². The molecule has 4 aliphatic rings. The van der Waals surface area contributed by atoms with Crippen LogP contribution in [0.3, 0.4) is 0 Å². The third-order valence-corrected chi connectivity index (χ3v) is 25.8. The summed E-state index contributed by atoms with van der Waals surface area (Å²) in [6.45, 7) is 4.46. The molecule has 3 heteroatoms. The summed E-state index contributed by atoms with van der Waals surface area (Å²) in [6.07, 6.45) is 0. The first-order valence-corrected chi connectivity index (χ1v) is 40.4. The second-order valence-electron chi connectivity index (χ2n) is 31.8. The van der Waals surface area contributed by atoms with Crippen LogP contribution in [0.5, 0.6) is 0 Å². The molecule has 0 saturated carbocycles. The summed E-state index contributed by atoms with van der Waals surface area (Å²) >= 11 is 0. The van der Waals surface area contributed by atoms with Crippen LogP contribution in [0.1, 0.15) is 77.9 Å². The molecule has 19 aromatic rings. The molecule has 544 valence electrons. The minimum Gasteiger partial charge on any atom is -0.455 e. The second-order valence-corrected chi connectivity index (χ2v) is 31.8. The highest BCUT2D eigenvalue weighted by Crippen LogP contribution is 2.65. The molecule has 0 amide bonds. The first-order chi connectivity index (χ1) is 57.3. The standard InChI is InChI=1S/C113H76N2O/c1-73-47-61-93-95-64-58-86(71-107(95)111(105(93)67-73,78-29-10-4-11-30-78)79-31-12-5-13-32-79)115(87-59-65-96-94-62-48-74(2)68-106(94)112(108(96)72-87,80-33-14-6-15-34-80)81-35-16-7-17-36-81)84-57-63-88(99(69-84)75-27-8-3-9-28-75)76-49-53-82(54-50-76)114(83-55-51-77(52-56-83)89-41-26-42-98-97-40-21-25-46-109(97)116-110(89)98)85-60-66-104-100(70-85)92-39-20-24-45-103(92)113(104)101-43-22-18-37-90(101)91-38-19-23-44-102(91)113/h3-72H,1-2H3. The first kappa shape index (κ1) is 67.1. The monoisotopic (exact) mass is 1480 g/mol. The summed E-state index contributed by atoms with van der Waals surface area (Å²) in [7, 11) is 0. The van der Waals surface area contributed by atoms with Crippen LogP contribution in [0, 0.1) is 13.8 Å². The van der Waals surface area contributed by atoms with Crippen LogP contribution in [0.2, 0.25) is 0 Å². The molecule has 23 rings (SSSR count). The fraction of sp³-hybridized carbons (Fsp3) is 0.0442. The highest BCUT2D eigenvalue weighted by Gasteiger charge is 2.53. The van der Waals surface area contributed by atoms with E-state index in [1.165, 1.54) is 122 Å². The lowest BCUT2D eigenvalue weighted by Crippen LogP contribution is -2.29. The van der Waals surface area contributed by atoms with E-state index in [1.807, 2.05) is 6.07 Å². The van der Waals surface area contributed by atoms with Crippen LogP contribution < -0.4 is 9.80 Å². The zero-order valence-corrected chi connectivity index (χ0v) is 64.2. The molecule has 0 bridgehead atoms. The molecular formula is C113H76N2O. The summed E-state index contributed by atoms with van der Waals surface area (Å²) in [5.74, 6) is 0. The number of aryl methyl sites for hydroxylation is 2. The van der Waals surface area contributed by atoms with Gasteiger partial charge in [-0.25, -0.2) is 0 Å². The molecule has 0 aliphatic heterocycles. The van der Waals surface area contributed by atoms with Crippen molar-refractivity contribution in [3.8, 4) is 77.9 Å². The summed E-state index contributed by atoms with van der Waals surface area (Å²) < 4.78 is 6.66. The maximum atomic E-state index is 6.66. The molecule has 18 aromatic carbocycles. The van der Waals surface area contributed by atoms with Gasteiger partial charge in [0.1, 0.15) is 11.2 Å². The fourth-order valence-electron chi connectivity index (χ4n) is 20.9. The van der Waals surface area contributed by atoms with E-state index in [1.54, 1.807) is 0 Å². The van der Waals surface area contributed by atoms with E-state index in [-0.39, 0.29) is 0 Å². The van der Waals surface area contributed by atoms with Crippen LogP contribution in [-0.2, 0) is 16.2 Å². The Balaban J connectivity index is 0.713. The minimum absolute atomic E-state index is 0.473. The predicted octanol–water partition coefficient (Wildman–Crippen LogP) is 29.2. The van der Waals surface area contributed by atoms with Crippen molar-refractivity contribution in [3.63, 3.8) is 0 Å². The lowest BCUT2D eigenvalue weighted by molar-refractivity contribution is 0.670. The number of furan rings is 1. The number of hydrogen-bond donors (Lipinski definition) is 0. The molecule has 1 heterocycles. The van der Waals surface area contributed by atoms with Crippen molar-refractivity contribution in [1.82, 2.24) is 0 Å². The van der Waals surface area contributed by atoms with Crippen LogP contribution >= 0.6 is 0 Å². The number of fused-ring (bicyclic) bond motifs is 19. The van der Waals surface area contributed by atoms with E-state index in [4.69, 9.17) is 4.42 Å². The highest BCUT2D eigenvalue weighted by molar-refractivity contribution is 6.10. The molecular weight excluding hydrogens is 1400 g/mol. The van der Waals surface area contributed by atoms with Crippen LogP contribution in [0.25, 0.3) is 99.8 Å². The summed E-state index contributed by atoms with van der Waals surface area (Å²) in [6, 6.07) is 160. The summed E-state index contributed by atoms with van der Waals surface area (Å²) in [5.41, 5.74) is 40.7. The zero-order valence-electron chi connectivity index (χ0n) is 64.2. The predicted molar refractivity (Wildman–Crippen MR) is 480 cm³/mol. The Hall–Kier alpha value is -14.6. The number of hydrogen-bond acceptors (Lipinski definition) is 3. The molecule has 116 heavy (non-hydrogen) atoms. The van der Waals surface area contributed by atoms with Crippen molar-refractivity contribution in [1.29, 1.82) is 0 Å². The molecule has 0 radical (unpaired) electrons. The van der Waals surface area contributed by atoms with Crippen molar-refractivity contribution in [2.45, 2.75) is 30.1 Å². The molecule has 0 saturated heterocycles. The number of anilines is 6. The van der Waals surface area contributed by atoms with Gasteiger partial charge in [-0.1, -0.05) is 357 Å². The van der Waals surface area contributed by atoms with Gasteiger partial charge in [-0.3, -0.25) is 0 Å². The Morgan fingerprint density at radius 2 is 0.509 bits per heavy atom. The summed E-state index contributed by atoms with van der Waals surface area (Å²) in [5, 5.41) is 2.23. The maximum absolute atomic E-state index is 6.66. The zero-order chi connectivity index (χ0) is 76.8. The van der Waals surface area contributed by atoms with Gasteiger partial charge in [0.25, 0.3) is 0 Å². The Morgan fingerprint density at radius 3 is 1.00 bits per heavy atom. The van der Waals surface area contributed by atoms with E-state index in [9.17, 15) is 0 Å². The van der Waals surface area contributed by atoms with Crippen LogP contribution in [-0.4, -0.2) is 0 Å². The fourth-order valence-corrected chi connectivity index (χ4v) is 20.9. The van der Waals surface area contributed by atoms with E-state index in [2.05, 4.69) is 442 Å². The largest absolute Gasteiger partial charge is 0.455 e. The van der Waals surface area contributed by atoms with Gasteiger partial charge in [-0.15, -0.1) is 0 Å². The van der Waals surface area contributed by atoms with Crippen molar-refractivity contribution in [3.05, 3.63) is 503 Å². The minimum atomic E-state index is -0.645. The smallest absolute Gasteiger partial charge is 0.143 e. The van der Waals surface area contributed by atoms with E-state index < -0.39 is 16.2 Å². The molecule has 4 aliphatic carbocycles. The molecule has 0 fully saturated rings. The maximum Gasteiger partial charge on any atom is 0.143 e. The number of rotatable bonds is 13. The van der Waals surface area contributed by atoms with Gasteiger partial charge in [0, 0.05) is 50.5 Å². The van der Waals surface area contributed by atoms with Gasteiger partial charge in [-0.05, 0) is 232 Å². The topological polar surface area (TPSA) is 19.6 Å². The molecule has 0 unspecified atom stereocenters. The van der Waals surface area contributed by atoms with E-state index in [0.29, 0.717) is 0 Å². The van der Waals surface area contributed by atoms with Gasteiger partial charge < -0.3 is 14.2 Å². The van der Waals surface area contributed by atoms with Gasteiger partial charge in [0.15, 0.2) is 0 Å². The van der Waals surface area contributed by atoms with Crippen molar-refractivity contribution >= 4 is 56.1 Å². The third-order valence-electron chi connectivity index (χ3n) is 25.8. The third kappa shape index (κ3) is 9.79. The van der Waals surface area contributed by atoms with Crippen LogP contribution in [0.15, 0.2) is 429 Å². The number of nitrogens with zero attached hydrogens (tertiary/aromatic N) is 2. The SMILES string of the molecule is Cc1ccc2c(c1)C(c1ccccc1)(c1ccccc1)c1cc(N(c3ccc(-c4ccc(N(c5ccc(-c6cccc7c6oc6ccccc67)cc5)c5ccc6c(c5)-c5ccccc5C65c6ccccc6-c6ccccc65)cc4)c(-c4ccccc4)c3)c3ccc4c(c3)C(c3ccccc3)(c3ccccc3)c3cc(C)ccc3-4)ccc1-2. The van der Waals surface area contributed by atoms with Crippen LogP contribution in [0.4, 0.5) is 34.1 Å². The summed E-state index contributed by atoms with van der Waals surface area (Å²) in [4.78, 5) is 4.99. The molecule has 0 atom stereocenters. The van der Waals surface area contributed by atoms with Crippen molar-refractivity contribution in [2.24, 2.45) is 0 Å².